The molecule has 0 fully saturated rings. The van der Waals surface area contributed by atoms with E-state index in [-0.39, 0.29) is 23.5 Å². The number of rotatable bonds is 4. The summed E-state index contributed by atoms with van der Waals surface area (Å²) in [5, 5.41) is 11.2. The van der Waals surface area contributed by atoms with E-state index < -0.39 is 4.92 Å². The van der Waals surface area contributed by atoms with Crippen LogP contribution in [0.25, 0.3) is 0 Å². The van der Waals surface area contributed by atoms with Gasteiger partial charge in [0.15, 0.2) is 5.78 Å². The van der Waals surface area contributed by atoms with Crippen LogP contribution in [0.1, 0.15) is 15.9 Å². The Morgan fingerprint density at radius 2 is 2.15 bits per heavy atom. The largest absolute Gasteiger partial charge is 0.294 e. The van der Waals surface area contributed by atoms with Gasteiger partial charge < -0.3 is 0 Å². The van der Waals surface area contributed by atoms with Gasteiger partial charge in [0.05, 0.1) is 9.95 Å². The summed E-state index contributed by atoms with van der Waals surface area (Å²) in [6.07, 6.45) is 3.06. The van der Waals surface area contributed by atoms with Crippen LogP contribution in [0.5, 0.6) is 0 Å². The van der Waals surface area contributed by atoms with Gasteiger partial charge in [-0.1, -0.05) is 27.5 Å². The van der Waals surface area contributed by atoms with Crippen LogP contribution in [0.4, 0.5) is 5.69 Å². The third-order valence-electron chi connectivity index (χ3n) is 2.62. The summed E-state index contributed by atoms with van der Waals surface area (Å²) < 4.78 is 0.482. The summed E-state index contributed by atoms with van der Waals surface area (Å²) in [6, 6.07) is 5.79. The Bertz CT molecular complexity index is 691. The molecule has 0 spiro atoms. The number of hydrogen-bond donors (Lipinski definition) is 0. The number of benzene rings is 1. The Kier molecular flexibility index (Phi) is 4.46. The van der Waals surface area contributed by atoms with Gasteiger partial charge in [-0.15, -0.1) is 0 Å². The number of nitro benzene ring substituents is 1. The van der Waals surface area contributed by atoms with E-state index in [2.05, 4.69) is 20.9 Å². The average Bonchev–Trinajstić information content (AvgIpc) is 2.40. The molecule has 0 bridgehead atoms. The minimum atomic E-state index is -0.541. The van der Waals surface area contributed by atoms with Gasteiger partial charge in [0.25, 0.3) is 5.69 Å². The molecule has 0 aliphatic carbocycles. The zero-order valence-corrected chi connectivity index (χ0v) is 12.4. The van der Waals surface area contributed by atoms with Gasteiger partial charge in [-0.05, 0) is 17.7 Å². The molecular weight excluding hydrogens is 348 g/mol. The molecule has 7 heteroatoms. The number of pyridine rings is 1. The minimum Gasteiger partial charge on any atom is -0.294 e. The number of hydrogen-bond acceptors (Lipinski definition) is 4. The summed E-state index contributed by atoms with van der Waals surface area (Å²) in [5.41, 5.74) is 0.761. The first kappa shape index (κ1) is 14.6. The maximum absolute atomic E-state index is 12.2. The molecule has 1 heterocycles. The van der Waals surface area contributed by atoms with Crippen molar-refractivity contribution in [2.45, 2.75) is 6.42 Å². The molecule has 1 aromatic heterocycles. The summed E-state index contributed by atoms with van der Waals surface area (Å²) in [7, 11) is 0. The molecule has 0 unspecified atom stereocenters. The van der Waals surface area contributed by atoms with Crippen molar-refractivity contribution in [1.29, 1.82) is 0 Å². The lowest BCUT2D eigenvalue weighted by Gasteiger charge is -2.04. The molecule has 0 saturated heterocycles. The standard InChI is InChI=1S/C13H8BrClN2O3/c14-10-3-9(4-11(6-10)17(19)20)13(18)5-8-1-2-16-7-12(8)15/h1-4,6-7H,5H2. The highest BCUT2D eigenvalue weighted by Gasteiger charge is 2.15. The molecule has 2 aromatic rings. The number of nitrogens with zero attached hydrogens (tertiary/aromatic N) is 2. The predicted molar refractivity (Wildman–Crippen MR) is 78.1 cm³/mol. The molecule has 0 atom stereocenters. The van der Waals surface area contributed by atoms with E-state index in [4.69, 9.17) is 11.6 Å². The Morgan fingerprint density at radius 1 is 1.40 bits per heavy atom. The molecule has 5 nitrogen and oxygen atoms in total. The van der Waals surface area contributed by atoms with Gasteiger partial charge >= 0.3 is 0 Å². The molecule has 0 radical (unpaired) electrons. The second-order valence-corrected chi connectivity index (χ2v) is 5.35. The third-order valence-corrected chi connectivity index (χ3v) is 3.42. The van der Waals surface area contributed by atoms with Crippen molar-refractivity contribution >= 4 is 39.0 Å². The lowest BCUT2D eigenvalue weighted by molar-refractivity contribution is -0.385. The van der Waals surface area contributed by atoms with Crippen molar-refractivity contribution in [3.63, 3.8) is 0 Å². The first-order chi connectivity index (χ1) is 9.47. The van der Waals surface area contributed by atoms with Crippen LogP contribution >= 0.6 is 27.5 Å². The van der Waals surface area contributed by atoms with Crippen molar-refractivity contribution < 1.29 is 9.72 Å². The zero-order chi connectivity index (χ0) is 14.7. The number of halogens is 2. The van der Waals surface area contributed by atoms with Crippen molar-refractivity contribution in [3.05, 3.63) is 67.4 Å². The molecule has 1 aromatic carbocycles. The van der Waals surface area contributed by atoms with Crippen LogP contribution < -0.4 is 0 Å². The van der Waals surface area contributed by atoms with E-state index in [9.17, 15) is 14.9 Å². The number of carbonyl (C=O) groups excluding carboxylic acids is 1. The topological polar surface area (TPSA) is 73.1 Å². The Balaban J connectivity index is 2.30. The smallest absolute Gasteiger partial charge is 0.271 e. The zero-order valence-electron chi connectivity index (χ0n) is 10.0. The maximum Gasteiger partial charge on any atom is 0.271 e. The van der Waals surface area contributed by atoms with E-state index in [1.54, 1.807) is 12.1 Å². The first-order valence-electron chi connectivity index (χ1n) is 5.54. The third kappa shape index (κ3) is 3.40. The van der Waals surface area contributed by atoms with Gasteiger partial charge in [-0.25, -0.2) is 0 Å². The number of ketones is 1. The van der Waals surface area contributed by atoms with Crippen molar-refractivity contribution in [1.82, 2.24) is 4.98 Å². The molecule has 0 N–H and O–H groups in total. The number of aromatic nitrogens is 1. The van der Waals surface area contributed by atoms with Crippen molar-refractivity contribution in [2.75, 3.05) is 0 Å². The molecular formula is C13H8BrClN2O3. The fourth-order valence-electron chi connectivity index (χ4n) is 1.66. The van der Waals surface area contributed by atoms with Crippen LogP contribution in [0, 0.1) is 10.1 Å². The monoisotopic (exact) mass is 354 g/mol. The van der Waals surface area contributed by atoms with Gasteiger partial charge in [-0.3, -0.25) is 19.9 Å². The van der Waals surface area contributed by atoms with Crippen LogP contribution in [-0.4, -0.2) is 15.7 Å². The van der Waals surface area contributed by atoms with Crippen LogP contribution in [-0.2, 0) is 6.42 Å². The van der Waals surface area contributed by atoms with Gasteiger partial charge in [-0.2, -0.15) is 0 Å². The predicted octanol–water partition coefficient (Wildman–Crippen LogP) is 3.83. The molecule has 0 aliphatic rings. The normalized spacial score (nSPS) is 10.3. The maximum atomic E-state index is 12.2. The van der Waals surface area contributed by atoms with Gasteiger partial charge in [0, 0.05) is 41.0 Å². The molecule has 20 heavy (non-hydrogen) atoms. The molecule has 102 valence electrons. The molecule has 2 rings (SSSR count). The van der Waals surface area contributed by atoms with E-state index >= 15 is 0 Å². The van der Waals surface area contributed by atoms with Crippen molar-refractivity contribution in [3.8, 4) is 0 Å². The average molecular weight is 356 g/mol. The fraction of sp³-hybridized carbons (Fsp3) is 0.0769. The van der Waals surface area contributed by atoms with E-state index in [0.717, 1.165) is 0 Å². The Morgan fingerprint density at radius 3 is 2.80 bits per heavy atom. The summed E-state index contributed by atoms with van der Waals surface area (Å²) in [6.45, 7) is 0. The SMILES string of the molecule is O=C(Cc1ccncc1Cl)c1cc(Br)cc([N+](=O)[O-])c1. The lowest BCUT2D eigenvalue weighted by atomic mass is 10.0. The minimum absolute atomic E-state index is 0.0644. The molecule has 0 amide bonds. The van der Waals surface area contributed by atoms with Gasteiger partial charge in [0.2, 0.25) is 0 Å². The number of Topliss-reactive ketones (excluding diaryl/α,β-unsaturated/α-hetero) is 1. The van der Waals surface area contributed by atoms with Crippen molar-refractivity contribution in [2.24, 2.45) is 0 Å². The van der Waals surface area contributed by atoms with Gasteiger partial charge in [0.1, 0.15) is 0 Å². The summed E-state index contributed by atoms with van der Waals surface area (Å²) in [4.78, 5) is 26.3. The van der Waals surface area contributed by atoms with Crippen LogP contribution in [0.2, 0.25) is 5.02 Å². The number of carbonyl (C=O) groups is 1. The molecule has 0 aliphatic heterocycles. The molecule has 0 saturated carbocycles. The highest BCUT2D eigenvalue weighted by Crippen LogP contribution is 2.23. The second kappa shape index (κ2) is 6.11. The fourth-order valence-corrected chi connectivity index (χ4v) is 2.33. The first-order valence-corrected chi connectivity index (χ1v) is 6.71. The van der Waals surface area contributed by atoms with E-state index in [0.29, 0.717) is 15.1 Å². The highest BCUT2D eigenvalue weighted by molar-refractivity contribution is 9.10. The van der Waals surface area contributed by atoms with Crippen LogP contribution in [0.15, 0.2) is 41.1 Å². The number of non-ortho nitro benzene ring substituents is 1. The van der Waals surface area contributed by atoms with Crippen LogP contribution in [0.3, 0.4) is 0 Å². The van der Waals surface area contributed by atoms with E-state index in [1.807, 2.05) is 0 Å². The Labute approximate surface area is 127 Å². The quantitative estimate of drug-likeness (QED) is 0.474. The second-order valence-electron chi connectivity index (χ2n) is 4.02. The van der Waals surface area contributed by atoms with E-state index in [1.165, 1.54) is 24.5 Å². The highest BCUT2D eigenvalue weighted by atomic mass is 79.9. The number of nitro groups is 1. The summed E-state index contributed by atoms with van der Waals surface area (Å²) >= 11 is 9.09. The Hall–Kier alpha value is -1.79. The summed E-state index contributed by atoms with van der Waals surface area (Å²) in [5.74, 6) is -0.248. The lowest BCUT2D eigenvalue weighted by Crippen LogP contribution is -2.05.